The lowest BCUT2D eigenvalue weighted by Gasteiger charge is -2.11. The number of carbonyl (C=O) groups is 1. The molecule has 1 saturated heterocycles. The summed E-state index contributed by atoms with van der Waals surface area (Å²) in [5.74, 6) is 0.568. The maximum absolute atomic E-state index is 12.1. The van der Waals surface area contributed by atoms with E-state index in [4.69, 9.17) is 14.2 Å². The number of ether oxygens (including phenoxy) is 3. The number of rotatable bonds is 4. The van der Waals surface area contributed by atoms with E-state index in [2.05, 4.69) is 0 Å². The molecule has 4 heteroatoms. The van der Waals surface area contributed by atoms with Crippen LogP contribution in [0, 0.1) is 0 Å². The second-order valence-corrected chi connectivity index (χ2v) is 5.68. The van der Waals surface area contributed by atoms with Gasteiger partial charge in [-0.2, -0.15) is 0 Å². The first-order valence-corrected chi connectivity index (χ1v) is 7.16. The van der Waals surface area contributed by atoms with Crippen LogP contribution in [-0.4, -0.2) is 25.3 Å². The molecular formula is C16H20O4. The van der Waals surface area contributed by atoms with E-state index >= 15 is 0 Å². The zero-order valence-electron chi connectivity index (χ0n) is 11.9. The van der Waals surface area contributed by atoms with Crippen LogP contribution in [0.4, 0.5) is 0 Å². The molecule has 3 rings (SSSR count). The van der Waals surface area contributed by atoms with Gasteiger partial charge in [0.1, 0.15) is 17.5 Å². The number of epoxide rings is 1. The molecule has 1 heterocycles. The zero-order chi connectivity index (χ0) is 14.2. The molecule has 4 nitrogen and oxygen atoms in total. The predicted molar refractivity (Wildman–Crippen MR) is 73.6 cm³/mol. The van der Waals surface area contributed by atoms with Crippen molar-refractivity contribution in [1.82, 2.24) is 0 Å². The number of benzene rings is 1. The third-order valence-corrected chi connectivity index (χ3v) is 4.27. The highest BCUT2D eigenvalue weighted by atomic mass is 16.7. The van der Waals surface area contributed by atoms with Crippen LogP contribution in [-0.2, 0) is 19.9 Å². The molecule has 0 amide bonds. The number of hydrogen-bond acceptors (Lipinski definition) is 4. The maximum Gasteiger partial charge on any atom is 0.338 e. The van der Waals surface area contributed by atoms with E-state index in [9.17, 15) is 4.79 Å². The quantitative estimate of drug-likeness (QED) is 0.626. The lowest BCUT2D eigenvalue weighted by Crippen LogP contribution is -2.23. The second kappa shape index (κ2) is 5.09. The summed E-state index contributed by atoms with van der Waals surface area (Å²) in [7, 11) is 1.63. The van der Waals surface area contributed by atoms with Crippen molar-refractivity contribution in [1.29, 1.82) is 0 Å². The van der Waals surface area contributed by atoms with E-state index in [0.29, 0.717) is 0 Å². The fourth-order valence-electron chi connectivity index (χ4n) is 2.86. The number of hydrogen-bond donors (Lipinski definition) is 0. The van der Waals surface area contributed by atoms with Gasteiger partial charge in [-0.05, 0) is 50.3 Å². The van der Waals surface area contributed by atoms with Gasteiger partial charge in [-0.25, -0.2) is 4.79 Å². The highest BCUT2D eigenvalue weighted by Crippen LogP contribution is 2.47. The minimum absolute atomic E-state index is 0.0896. The largest absolute Gasteiger partial charge is 0.497 e. The Kier molecular flexibility index (Phi) is 3.42. The standard InChI is InChI=1S/C16H20O4/c1-16(11-7-9-12(18-2)10-8-11)14(20-16)15(17)19-13-5-3-4-6-13/h7-10,13-14H,3-6H2,1-2H3. The van der Waals surface area contributed by atoms with Crippen LogP contribution in [0.2, 0.25) is 0 Å². The summed E-state index contributed by atoms with van der Waals surface area (Å²) in [6.45, 7) is 1.93. The third kappa shape index (κ3) is 2.40. The molecular weight excluding hydrogens is 256 g/mol. The van der Waals surface area contributed by atoms with Gasteiger partial charge < -0.3 is 14.2 Å². The molecule has 2 aliphatic rings. The molecule has 2 atom stereocenters. The van der Waals surface area contributed by atoms with Crippen LogP contribution >= 0.6 is 0 Å². The van der Waals surface area contributed by atoms with Crippen LogP contribution in [0.5, 0.6) is 5.75 Å². The normalized spacial score (nSPS) is 29.2. The van der Waals surface area contributed by atoms with E-state index < -0.39 is 11.7 Å². The molecule has 2 unspecified atom stereocenters. The Morgan fingerprint density at radius 3 is 2.50 bits per heavy atom. The minimum Gasteiger partial charge on any atom is -0.497 e. The number of esters is 1. The van der Waals surface area contributed by atoms with Gasteiger partial charge in [-0.3, -0.25) is 0 Å². The summed E-state index contributed by atoms with van der Waals surface area (Å²) in [6, 6.07) is 7.62. The van der Waals surface area contributed by atoms with Crippen molar-refractivity contribution in [2.24, 2.45) is 0 Å². The predicted octanol–water partition coefficient (Wildman–Crippen LogP) is 2.80. The van der Waals surface area contributed by atoms with Gasteiger partial charge in [0.25, 0.3) is 0 Å². The molecule has 0 N–H and O–H groups in total. The summed E-state index contributed by atoms with van der Waals surface area (Å²) in [4.78, 5) is 12.1. The van der Waals surface area contributed by atoms with E-state index in [1.165, 1.54) is 0 Å². The summed E-state index contributed by atoms with van der Waals surface area (Å²) in [5.41, 5.74) is 0.425. The summed E-state index contributed by atoms with van der Waals surface area (Å²) >= 11 is 0. The number of carbonyl (C=O) groups excluding carboxylic acids is 1. The van der Waals surface area contributed by atoms with E-state index in [-0.39, 0.29) is 12.1 Å². The Morgan fingerprint density at radius 2 is 1.90 bits per heavy atom. The molecule has 20 heavy (non-hydrogen) atoms. The van der Waals surface area contributed by atoms with Gasteiger partial charge in [0.05, 0.1) is 7.11 Å². The molecule has 0 bridgehead atoms. The summed E-state index contributed by atoms with van der Waals surface area (Å²) in [5, 5.41) is 0. The van der Waals surface area contributed by atoms with Gasteiger partial charge in [-0.1, -0.05) is 12.1 Å². The Balaban J connectivity index is 1.64. The summed E-state index contributed by atoms with van der Waals surface area (Å²) in [6.07, 6.45) is 3.89. The van der Waals surface area contributed by atoms with Gasteiger partial charge in [-0.15, -0.1) is 0 Å². The van der Waals surface area contributed by atoms with Gasteiger partial charge >= 0.3 is 5.97 Å². The van der Waals surface area contributed by atoms with Crippen LogP contribution < -0.4 is 4.74 Å². The molecule has 1 aromatic rings. The average Bonchev–Trinajstić information content (AvgIpc) is 2.92. The fourth-order valence-corrected chi connectivity index (χ4v) is 2.86. The van der Waals surface area contributed by atoms with E-state index in [1.54, 1.807) is 7.11 Å². The fraction of sp³-hybridized carbons (Fsp3) is 0.562. The lowest BCUT2D eigenvalue weighted by molar-refractivity contribution is -0.150. The van der Waals surface area contributed by atoms with Crippen molar-refractivity contribution in [2.75, 3.05) is 7.11 Å². The van der Waals surface area contributed by atoms with Gasteiger partial charge in [0.15, 0.2) is 6.10 Å². The van der Waals surface area contributed by atoms with Gasteiger partial charge in [0, 0.05) is 0 Å². The monoisotopic (exact) mass is 276 g/mol. The molecule has 1 aliphatic heterocycles. The van der Waals surface area contributed by atoms with Gasteiger partial charge in [0.2, 0.25) is 0 Å². The highest BCUT2D eigenvalue weighted by molar-refractivity contribution is 5.80. The average molecular weight is 276 g/mol. The Bertz CT molecular complexity index is 490. The van der Waals surface area contributed by atoms with Crippen LogP contribution in [0.1, 0.15) is 38.2 Å². The van der Waals surface area contributed by atoms with Crippen molar-refractivity contribution in [2.45, 2.75) is 50.4 Å². The van der Waals surface area contributed by atoms with E-state index in [0.717, 1.165) is 37.0 Å². The first-order valence-electron chi connectivity index (χ1n) is 7.16. The molecule has 1 aromatic carbocycles. The smallest absolute Gasteiger partial charge is 0.338 e. The Morgan fingerprint density at radius 1 is 1.25 bits per heavy atom. The molecule has 2 fully saturated rings. The van der Waals surface area contributed by atoms with Crippen LogP contribution in [0.3, 0.4) is 0 Å². The van der Waals surface area contributed by atoms with Crippen LogP contribution in [0.15, 0.2) is 24.3 Å². The van der Waals surface area contributed by atoms with Crippen LogP contribution in [0.25, 0.3) is 0 Å². The first kappa shape index (κ1) is 13.4. The maximum atomic E-state index is 12.1. The molecule has 1 aliphatic carbocycles. The molecule has 0 spiro atoms. The SMILES string of the molecule is COc1ccc(C2(C)OC2C(=O)OC2CCCC2)cc1. The van der Waals surface area contributed by atoms with E-state index in [1.807, 2.05) is 31.2 Å². The molecule has 0 aromatic heterocycles. The topological polar surface area (TPSA) is 48.1 Å². The lowest BCUT2D eigenvalue weighted by atomic mass is 9.97. The number of methoxy groups -OCH3 is 1. The van der Waals surface area contributed by atoms with Crippen molar-refractivity contribution >= 4 is 5.97 Å². The summed E-state index contributed by atoms with van der Waals surface area (Å²) < 4.78 is 16.3. The molecule has 1 saturated carbocycles. The third-order valence-electron chi connectivity index (χ3n) is 4.27. The van der Waals surface area contributed by atoms with Crippen molar-refractivity contribution < 1.29 is 19.0 Å². The van der Waals surface area contributed by atoms with Crippen molar-refractivity contribution in [3.63, 3.8) is 0 Å². The Labute approximate surface area is 119 Å². The highest BCUT2D eigenvalue weighted by Gasteiger charge is 2.59. The molecule has 108 valence electrons. The zero-order valence-corrected chi connectivity index (χ0v) is 11.9. The minimum atomic E-state index is -0.554. The first-order chi connectivity index (χ1) is 9.63. The van der Waals surface area contributed by atoms with Crippen molar-refractivity contribution in [3.05, 3.63) is 29.8 Å². The Hall–Kier alpha value is -1.55. The van der Waals surface area contributed by atoms with Crippen molar-refractivity contribution in [3.8, 4) is 5.75 Å². The molecule has 0 radical (unpaired) electrons. The second-order valence-electron chi connectivity index (χ2n) is 5.68.